The number of carboxylic acids is 1. The van der Waals surface area contributed by atoms with E-state index in [9.17, 15) is 4.79 Å². The summed E-state index contributed by atoms with van der Waals surface area (Å²) in [5, 5.41) is 10.3. The van der Waals surface area contributed by atoms with Gasteiger partial charge in [-0.25, -0.2) is 4.79 Å². The minimum Gasteiger partial charge on any atom is -0.478 e. The van der Waals surface area contributed by atoms with Crippen LogP contribution in [0.5, 0.6) is 0 Å². The molecule has 0 aliphatic carbocycles. The van der Waals surface area contributed by atoms with Gasteiger partial charge in [0, 0.05) is 17.6 Å². The lowest BCUT2D eigenvalue weighted by atomic mass is 9.99. The van der Waals surface area contributed by atoms with Gasteiger partial charge in [-0.3, -0.25) is 0 Å². The second-order valence-corrected chi connectivity index (χ2v) is 4.80. The fraction of sp³-hybridized carbons (Fsp3) is 0.357. The Kier molecular flexibility index (Phi) is 2.05. The van der Waals surface area contributed by atoms with E-state index in [4.69, 9.17) is 5.11 Å². The summed E-state index contributed by atoms with van der Waals surface area (Å²) in [6, 6.07) is 3.64. The Morgan fingerprint density at radius 1 is 1.35 bits per heavy atom. The monoisotopic (exact) mass is 229 g/mol. The fourth-order valence-corrected chi connectivity index (χ4v) is 2.89. The predicted octanol–water partition coefficient (Wildman–Crippen LogP) is 2.90. The van der Waals surface area contributed by atoms with Crippen molar-refractivity contribution >= 4 is 16.9 Å². The van der Waals surface area contributed by atoms with Gasteiger partial charge >= 0.3 is 5.97 Å². The lowest BCUT2D eigenvalue weighted by Gasteiger charge is -2.17. The zero-order valence-corrected chi connectivity index (χ0v) is 10.1. The van der Waals surface area contributed by atoms with Crippen LogP contribution in [-0.4, -0.2) is 15.6 Å². The van der Waals surface area contributed by atoms with Crippen molar-refractivity contribution < 1.29 is 9.90 Å². The zero-order chi connectivity index (χ0) is 12.2. The smallest absolute Gasteiger partial charge is 0.335 e. The Morgan fingerprint density at radius 2 is 2.12 bits per heavy atom. The highest BCUT2D eigenvalue weighted by Gasteiger charge is 2.20. The van der Waals surface area contributed by atoms with E-state index in [-0.39, 0.29) is 0 Å². The summed E-state index contributed by atoms with van der Waals surface area (Å²) in [7, 11) is 0. The second kappa shape index (κ2) is 3.36. The Balaban J connectivity index is 2.45. The first kappa shape index (κ1) is 10.4. The Bertz CT molecular complexity index is 637. The van der Waals surface area contributed by atoms with E-state index in [1.165, 1.54) is 22.3 Å². The number of aromatic carboxylic acids is 1. The van der Waals surface area contributed by atoms with Gasteiger partial charge in [0.1, 0.15) is 0 Å². The minimum absolute atomic E-state index is 0.412. The summed E-state index contributed by atoms with van der Waals surface area (Å²) >= 11 is 0. The maximum absolute atomic E-state index is 11.1. The lowest BCUT2D eigenvalue weighted by molar-refractivity contribution is 0.0697. The highest BCUT2D eigenvalue weighted by atomic mass is 16.4. The van der Waals surface area contributed by atoms with Crippen molar-refractivity contribution in [3.8, 4) is 0 Å². The Labute approximate surface area is 99.7 Å². The van der Waals surface area contributed by atoms with Gasteiger partial charge in [-0.2, -0.15) is 0 Å². The molecule has 0 bridgehead atoms. The number of carbonyl (C=O) groups is 1. The topological polar surface area (TPSA) is 42.2 Å². The molecule has 1 aromatic heterocycles. The molecule has 0 saturated heterocycles. The molecule has 2 aromatic rings. The normalized spacial score (nSPS) is 14.2. The standard InChI is InChI=1S/C14H15NO2/c1-8-9(2)15-5-3-4-10-6-11(14(16)17)7-12(8)13(10)15/h6-7H,3-5H2,1-2H3,(H,16,17). The molecular formula is C14H15NO2. The first-order valence-electron chi connectivity index (χ1n) is 5.95. The highest BCUT2D eigenvalue weighted by molar-refractivity contribution is 5.97. The van der Waals surface area contributed by atoms with Crippen LogP contribution < -0.4 is 0 Å². The van der Waals surface area contributed by atoms with Crippen LogP contribution >= 0.6 is 0 Å². The van der Waals surface area contributed by atoms with Crippen molar-refractivity contribution in [3.05, 3.63) is 34.5 Å². The van der Waals surface area contributed by atoms with Crippen molar-refractivity contribution in [2.24, 2.45) is 0 Å². The van der Waals surface area contributed by atoms with Gasteiger partial charge in [-0.15, -0.1) is 0 Å². The molecule has 3 heteroatoms. The largest absolute Gasteiger partial charge is 0.478 e. The number of hydrogen-bond donors (Lipinski definition) is 1. The maximum Gasteiger partial charge on any atom is 0.335 e. The summed E-state index contributed by atoms with van der Waals surface area (Å²) in [5.41, 5.74) is 5.32. The molecule has 0 atom stereocenters. The van der Waals surface area contributed by atoms with Crippen LogP contribution in [-0.2, 0) is 13.0 Å². The first-order chi connectivity index (χ1) is 8.09. The zero-order valence-electron chi connectivity index (χ0n) is 10.1. The predicted molar refractivity (Wildman–Crippen MR) is 66.7 cm³/mol. The molecule has 1 aliphatic rings. The molecule has 2 heterocycles. The van der Waals surface area contributed by atoms with Gasteiger partial charge in [0.05, 0.1) is 11.1 Å². The van der Waals surface area contributed by atoms with Crippen LogP contribution in [0.3, 0.4) is 0 Å². The fourth-order valence-electron chi connectivity index (χ4n) is 2.89. The molecule has 0 fully saturated rings. The molecule has 17 heavy (non-hydrogen) atoms. The molecule has 1 aromatic carbocycles. The van der Waals surface area contributed by atoms with E-state index < -0.39 is 5.97 Å². The van der Waals surface area contributed by atoms with E-state index in [0.717, 1.165) is 24.8 Å². The van der Waals surface area contributed by atoms with E-state index in [1.807, 2.05) is 12.1 Å². The minimum atomic E-state index is -0.835. The molecule has 3 rings (SSSR count). The van der Waals surface area contributed by atoms with Gasteiger partial charge in [0.25, 0.3) is 0 Å². The number of carboxylic acid groups (broad SMARTS) is 1. The number of rotatable bonds is 1. The van der Waals surface area contributed by atoms with Gasteiger partial charge in [-0.1, -0.05) is 0 Å². The average Bonchev–Trinajstić information content (AvgIpc) is 2.57. The van der Waals surface area contributed by atoms with Crippen LogP contribution in [0.2, 0.25) is 0 Å². The molecule has 0 radical (unpaired) electrons. The van der Waals surface area contributed by atoms with Gasteiger partial charge in [0.2, 0.25) is 0 Å². The van der Waals surface area contributed by atoms with Crippen molar-refractivity contribution in [3.63, 3.8) is 0 Å². The third-order valence-electron chi connectivity index (χ3n) is 3.89. The van der Waals surface area contributed by atoms with Crippen LogP contribution in [0.4, 0.5) is 0 Å². The number of aryl methyl sites for hydroxylation is 3. The van der Waals surface area contributed by atoms with Crippen molar-refractivity contribution in [2.45, 2.75) is 33.2 Å². The number of aromatic nitrogens is 1. The van der Waals surface area contributed by atoms with E-state index >= 15 is 0 Å². The summed E-state index contributed by atoms with van der Waals surface area (Å²) in [6.45, 7) is 5.25. The van der Waals surface area contributed by atoms with Crippen molar-refractivity contribution in [1.82, 2.24) is 4.57 Å². The van der Waals surface area contributed by atoms with Crippen molar-refractivity contribution in [2.75, 3.05) is 0 Å². The molecule has 0 unspecified atom stereocenters. The van der Waals surface area contributed by atoms with E-state index in [1.54, 1.807) is 0 Å². The Hall–Kier alpha value is -1.77. The van der Waals surface area contributed by atoms with Crippen LogP contribution in [0.15, 0.2) is 12.1 Å². The first-order valence-corrected chi connectivity index (χ1v) is 5.95. The average molecular weight is 229 g/mol. The number of nitrogens with zero attached hydrogens (tertiary/aromatic N) is 1. The highest BCUT2D eigenvalue weighted by Crippen LogP contribution is 2.33. The Morgan fingerprint density at radius 3 is 2.82 bits per heavy atom. The van der Waals surface area contributed by atoms with Gasteiger partial charge < -0.3 is 9.67 Å². The summed E-state index contributed by atoms with van der Waals surface area (Å²) in [5.74, 6) is -0.835. The maximum atomic E-state index is 11.1. The molecule has 0 amide bonds. The third-order valence-corrected chi connectivity index (χ3v) is 3.89. The summed E-state index contributed by atoms with van der Waals surface area (Å²) in [4.78, 5) is 11.1. The number of benzene rings is 1. The van der Waals surface area contributed by atoms with E-state index in [2.05, 4.69) is 18.4 Å². The summed E-state index contributed by atoms with van der Waals surface area (Å²) < 4.78 is 2.33. The molecule has 1 N–H and O–H groups in total. The second-order valence-electron chi connectivity index (χ2n) is 4.80. The van der Waals surface area contributed by atoms with E-state index in [0.29, 0.717) is 5.56 Å². The van der Waals surface area contributed by atoms with Crippen LogP contribution in [0.25, 0.3) is 10.9 Å². The SMILES string of the molecule is Cc1c(C)n2c3c(cc(C(=O)O)cc13)CCC2. The quantitative estimate of drug-likeness (QED) is 0.817. The van der Waals surface area contributed by atoms with Gasteiger partial charge in [0.15, 0.2) is 0 Å². The van der Waals surface area contributed by atoms with Crippen LogP contribution in [0, 0.1) is 13.8 Å². The summed E-state index contributed by atoms with van der Waals surface area (Å²) in [6.07, 6.45) is 2.08. The molecule has 0 spiro atoms. The number of hydrogen-bond acceptors (Lipinski definition) is 1. The lowest BCUT2D eigenvalue weighted by Crippen LogP contribution is -2.09. The van der Waals surface area contributed by atoms with Crippen LogP contribution in [0.1, 0.15) is 33.6 Å². The molecule has 1 aliphatic heterocycles. The van der Waals surface area contributed by atoms with Gasteiger partial charge in [-0.05, 0) is 49.9 Å². The molecule has 3 nitrogen and oxygen atoms in total. The molecule has 0 saturated carbocycles. The molecule has 88 valence electrons. The molecular weight excluding hydrogens is 214 g/mol. The van der Waals surface area contributed by atoms with Crippen molar-refractivity contribution in [1.29, 1.82) is 0 Å². The third kappa shape index (κ3) is 1.32.